The van der Waals surface area contributed by atoms with Crippen molar-refractivity contribution in [3.05, 3.63) is 0 Å². The van der Waals surface area contributed by atoms with E-state index in [2.05, 4.69) is 41.5 Å². The maximum absolute atomic E-state index is 13.2. The van der Waals surface area contributed by atoms with Crippen molar-refractivity contribution in [2.75, 3.05) is 39.6 Å². The zero-order valence-corrected chi connectivity index (χ0v) is 73.0. The SMILES string of the molecule is CCCCCCCCCCCCCCCCCCCCCC(=O)OC[C@H](COP(=O)(O)OC[C@@H](O)COP(=O)(O)OC[C@@H](COC(=O)CCCCCCCCCCCCC)OC(=O)CCCCCCCCCCCCCCCCC(C)C)OC(=O)CCCCCCCCCCCCCCCCCCCCC(C)C. The van der Waals surface area contributed by atoms with Crippen LogP contribution in [0.3, 0.4) is 0 Å². The minimum absolute atomic E-state index is 0.108. The molecule has 0 aliphatic heterocycles. The first kappa shape index (κ1) is 106. The number of phosphoric acid groups is 2. The van der Waals surface area contributed by atoms with Crippen molar-refractivity contribution >= 4 is 39.5 Å². The molecule has 3 N–H and O–H groups in total. The van der Waals surface area contributed by atoms with Crippen LogP contribution in [0.15, 0.2) is 0 Å². The number of rotatable bonds is 88. The Morgan fingerprint density at radius 1 is 0.250 bits per heavy atom. The van der Waals surface area contributed by atoms with Crippen molar-refractivity contribution in [3.63, 3.8) is 0 Å². The zero-order chi connectivity index (χ0) is 79.2. The zero-order valence-electron chi connectivity index (χ0n) is 71.2. The molecule has 5 atom stereocenters. The van der Waals surface area contributed by atoms with Gasteiger partial charge in [-0.25, -0.2) is 9.13 Å². The van der Waals surface area contributed by atoms with E-state index in [-0.39, 0.29) is 25.7 Å². The van der Waals surface area contributed by atoms with Gasteiger partial charge in [0.05, 0.1) is 26.4 Å². The van der Waals surface area contributed by atoms with Crippen LogP contribution in [0.25, 0.3) is 0 Å². The predicted octanol–water partition coefficient (Wildman–Crippen LogP) is 27.4. The van der Waals surface area contributed by atoms with Gasteiger partial charge in [0, 0.05) is 25.7 Å². The molecule has 19 heteroatoms. The van der Waals surface area contributed by atoms with Crippen LogP contribution in [-0.2, 0) is 65.4 Å². The lowest BCUT2D eigenvalue weighted by molar-refractivity contribution is -0.161. The highest BCUT2D eigenvalue weighted by Gasteiger charge is 2.31. The molecule has 0 radical (unpaired) electrons. The quantitative estimate of drug-likeness (QED) is 0.0222. The molecule has 0 heterocycles. The number of carbonyl (C=O) groups excluding carboxylic acids is 4. The first-order valence-corrected chi connectivity index (χ1v) is 49.0. The number of ether oxygens (including phenoxy) is 4. The summed E-state index contributed by atoms with van der Waals surface area (Å²) in [5, 5.41) is 10.7. The fraction of sp³-hybridized carbons (Fsp3) is 0.955. The standard InChI is InChI=1S/C89H174O17P2/c1-7-9-11-13-15-17-19-20-21-22-23-27-30-36-42-48-54-60-66-72-87(92)100-78-85(106-88(93)73-67-61-55-49-43-37-31-28-25-24-26-29-34-40-45-51-57-63-69-81(3)4)80-104-108(97,98)102-76-83(90)75-101-107(95,96)103-79-84(77-99-86(91)71-65-59-53-47-39-18-16-14-12-10-8-2)105-89(94)74-68-62-56-50-44-38-33-32-35-41-46-52-58-64-70-82(5)6/h81-85,90H,7-80H2,1-6H3,(H,95,96)(H,97,98)/t83-,84+,85+/m0/s1. The van der Waals surface area contributed by atoms with Gasteiger partial charge in [-0.1, -0.05) is 427 Å². The smallest absolute Gasteiger partial charge is 0.462 e. The summed E-state index contributed by atoms with van der Waals surface area (Å²) in [5.41, 5.74) is 0. The maximum Gasteiger partial charge on any atom is 0.472 e. The van der Waals surface area contributed by atoms with Crippen molar-refractivity contribution < 1.29 is 80.2 Å². The molecule has 0 aromatic rings. The highest BCUT2D eigenvalue weighted by molar-refractivity contribution is 7.47. The molecule has 0 spiro atoms. The van der Waals surface area contributed by atoms with Gasteiger partial charge in [0.15, 0.2) is 12.2 Å². The number of carbonyl (C=O) groups is 4. The molecule has 0 aliphatic carbocycles. The molecule has 0 aromatic heterocycles. The van der Waals surface area contributed by atoms with Crippen LogP contribution in [0, 0.1) is 11.8 Å². The van der Waals surface area contributed by atoms with Gasteiger partial charge in [-0.15, -0.1) is 0 Å². The number of phosphoric ester groups is 2. The molecule has 0 saturated carbocycles. The van der Waals surface area contributed by atoms with Gasteiger partial charge in [-0.05, 0) is 37.5 Å². The number of unbranched alkanes of at least 4 members (excludes halogenated alkanes) is 58. The van der Waals surface area contributed by atoms with E-state index < -0.39 is 97.5 Å². The summed E-state index contributed by atoms with van der Waals surface area (Å²) in [6.07, 6.45) is 73.6. The molecule has 0 saturated heterocycles. The molecule has 0 bridgehead atoms. The molecule has 0 aromatic carbocycles. The molecule has 2 unspecified atom stereocenters. The number of esters is 4. The highest BCUT2D eigenvalue weighted by Crippen LogP contribution is 2.45. The summed E-state index contributed by atoms with van der Waals surface area (Å²) < 4.78 is 69.0. The fourth-order valence-corrected chi connectivity index (χ4v) is 15.5. The first-order valence-electron chi connectivity index (χ1n) is 46.0. The van der Waals surface area contributed by atoms with Gasteiger partial charge in [0.25, 0.3) is 0 Å². The second kappa shape index (κ2) is 80.3. The molecule has 0 rings (SSSR count). The van der Waals surface area contributed by atoms with E-state index in [1.807, 2.05) is 0 Å². The van der Waals surface area contributed by atoms with Crippen molar-refractivity contribution in [1.29, 1.82) is 0 Å². The van der Waals surface area contributed by atoms with E-state index in [4.69, 9.17) is 37.0 Å². The van der Waals surface area contributed by atoms with Crippen LogP contribution < -0.4 is 0 Å². The molecular weight excluding hydrogens is 1400 g/mol. The molecule has 0 fully saturated rings. The normalized spacial score (nSPS) is 13.8. The Balaban J connectivity index is 5.24. The number of aliphatic hydroxyl groups is 1. The summed E-state index contributed by atoms with van der Waals surface area (Å²) in [5.74, 6) is -0.481. The lowest BCUT2D eigenvalue weighted by Gasteiger charge is -2.21. The Bertz CT molecular complexity index is 2060. The number of aliphatic hydroxyl groups excluding tert-OH is 1. The van der Waals surface area contributed by atoms with Crippen LogP contribution in [0.2, 0.25) is 0 Å². The Hall–Kier alpha value is -1.94. The molecule has 0 amide bonds. The van der Waals surface area contributed by atoms with Gasteiger partial charge in [-0.2, -0.15) is 0 Å². The summed E-state index contributed by atoms with van der Waals surface area (Å²) in [7, 11) is -9.93. The molecular formula is C89H174O17P2. The third kappa shape index (κ3) is 82.1. The molecule has 17 nitrogen and oxygen atoms in total. The average Bonchev–Trinajstić information content (AvgIpc) is 1.16. The minimum atomic E-state index is -4.97. The van der Waals surface area contributed by atoms with E-state index in [1.165, 1.54) is 295 Å². The van der Waals surface area contributed by atoms with Crippen LogP contribution >= 0.6 is 15.6 Å². The summed E-state index contributed by atoms with van der Waals surface area (Å²) >= 11 is 0. The van der Waals surface area contributed by atoms with E-state index in [9.17, 15) is 43.2 Å². The van der Waals surface area contributed by atoms with E-state index in [0.29, 0.717) is 25.7 Å². The van der Waals surface area contributed by atoms with E-state index in [0.717, 1.165) is 102 Å². The topological polar surface area (TPSA) is 237 Å². The van der Waals surface area contributed by atoms with Crippen molar-refractivity contribution in [3.8, 4) is 0 Å². The summed E-state index contributed by atoms with van der Waals surface area (Å²) in [6, 6.07) is 0. The second-order valence-corrected chi connectivity index (χ2v) is 35.8. The van der Waals surface area contributed by atoms with Crippen molar-refractivity contribution in [2.24, 2.45) is 11.8 Å². The van der Waals surface area contributed by atoms with E-state index in [1.54, 1.807) is 0 Å². The molecule has 108 heavy (non-hydrogen) atoms. The second-order valence-electron chi connectivity index (χ2n) is 32.9. The van der Waals surface area contributed by atoms with Crippen molar-refractivity contribution in [1.82, 2.24) is 0 Å². The predicted molar refractivity (Wildman–Crippen MR) is 446 cm³/mol. The third-order valence-electron chi connectivity index (χ3n) is 21.0. The van der Waals surface area contributed by atoms with Gasteiger partial charge < -0.3 is 33.8 Å². The Kier molecular flexibility index (Phi) is 78.8. The summed E-state index contributed by atoms with van der Waals surface area (Å²) in [6.45, 7) is 9.75. The van der Waals surface area contributed by atoms with Gasteiger partial charge in [0.1, 0.15) is 19.3 Å². The molecule has 0 aliphatic rings. The maximum atomic E-state index is 13.2. The lowest BCUT2D eigenvalue weighted by Crippen LogP contribution is -2.30. The number of hydrogen-bond donors (Lipinski definition) is 3. The highest BCUT2D eigenvalue weighted by atomic mass is 31.2. The lowest BCUT2D eigenvalue weighted by atomic mass is 10.0. The Labute approximate surface area is 664 Å². The number of hydrogen-bond acceptors (Lipinski definition) is 15. The van der Waals surface area contributed by atoms with Crippen LogP contribution in [0.4, 0.5) is 0 Å². The van der Waals surface area contributed by atoms with Crippen molar-refractivity contribution in [2.45, 2.75) is 496 Å². The van der Waals surface area contributed by atoms with Crippen LogP contribution in [0.1, 0.15) is 478 Å². The minimum Gasteiger partial charge on any atom is -0.462 e. The summed E-state index contributed by atoms with van der Waals surface area (Å²) in [4.78, 5) is 73.3. The van der Waals surface area contributed by atoms with Gasteiger partial charge >= 0.3 is 39.5 Å². The largest absolute Gasteiger partial charge is 0.472 e. The fourth-order valence-electron chi connectivity index (χ4n) is 14.0. The first-order chi connectivity index (χ1) is 52.4. The Morgan fingerprint density at radius 2 is 0.426 bits per heavy atom. The van der Waals surface area contributed by atoms with Crippen LogP contribution in [0.5, 0.6) is 0 Å². The van der Waals surface area contributed by atoms with Crippen LogP contribution in [-0.4, -0.2) is 96.7 Å². The van der Waals surface area contributed by atoms with Gasteiger partial charge in [-0.3, -0.25) is 37.3 Å². The Morgan fingerprint density at radius 3 is 0.630 bits per heavy atom. The average molecular weight is 1580 g/mol. The van der Waals surface area contributed by atoms with Gasteiger partial charge in [0.2, 0.25) is 0 Å². The monoisotopic (exact) mass is 1580 g/mol. The molecule has 642 valence electrons. The van der Waals surface area contributed by atoms with E-state index >= 15 is 0 Å². The third-order valence-corrected chi connectivity index (χ3v) is 22.9.